The predicted molar refractivity (Wildman–Crippen MR) is 129 cm³/mol. The highest BCUT2D eigenvalue weighted by Gasteiger charge is 2.29. The number of fused-ring (bicyclic) bond motifs is 1. The molecule has 0 unspecified atom stereocenters. The monoisotopic (exact) mass is 445 g/mol. The zero-order valence-electron chi connectivity index (χ0n) is 18.9. The highest BCUT2D eigenvalue weighted by molar-refractivity contribution is 6.09. The third-order valence-corrected chi connectivity index (χ3v) is 5.87. The van der Waals surface area contributed by atoms with Crippen LogP contribution < -0.4 is 10.1 Å². The van der Waals surface area contributed by atoms with Crippen molar-refractivity contribution in [2.45, 2.75) is 32.4 Å². The number of carbonyl (C=O) groups is 2. The molecule has 6 heteroatoms. The number of nitrogens with zero attached hydrogens (tertiary/aromatic N) is 2. The number of hydrogen-bond acceptors (Lipinski definition) is 4. The van der Waals surface area contributed by atoms with Gasteiger partial charge in [0.05, 0.1) is 0 Å². The van der Waals surface area contributed by atoms with Crippen LogP contribution in [0.15, 0.2) is 72.9 Å². The summed E-state index contributed by atoms with van der Waals surface area (Å²) >= 11 is 0. The lowest BCUT2D eigenvalue weighted by Gasteiger charge is -2.21. The Bertz CT molecular complexity index is 1050. The van der Waals surface area contributed by atoms with E-state index < -0.39 is 0 Å². The number of nitrogens with one attached hydrogen (secondary N) is 1. The summed E-state index contributed by atoms with van der Waals surface area (Å²) in [6.07, 6.45) is 4.15. The molecule has 0 radical (unpaired) electrons. The number of carbonyl (C=O) groups excluding carboxylic acids is 2. The summed E-state index contributed by atoms with van der Waals surface area (Å²) in [5.74, 6) is 0.877. The van der Waals surface area contributed by atoms with Crippen molar-refractivity contribution in [3.8, 4) is 5.75 Å². The molecule has 1 N–H and O–H groups in total. The van der Waals surface area contributed by atoms with Gasteiger partial charge in [0.1, 0.15) is 18.1 Å². The highest BCUT2D eigenvalue weighted by Crippen LogP contribution is 2.22. The minimum atomic E-state index is -0.0547. The minimum Gasteiger partial charge on any atom is -0.492 e. The van der Waals surface area contributed by atoms with Gasteiger partial charge in [0.25, 0.3) is 5.91 Å². The van der Waals surface area contributed by atoms with Gasteiger partial charge < -0.3 is 19.5 Å². The van der Waals surface area contributed by atoms with E-state index in [1.807, 2.05) is 71.4 Å². The number of aromatic nitrogens is 1. The molecule has 4 rings (SSSR count). The van der Waals surface area contributed by atoms with Gasteiger partial charge in [-0.25, -0.2) is 0 Å². The molecule has 1 aromatic heterocycles. The topological polar surface area (TPSA) is 63.6 Å². The molecule has 0 spiro atoms. The Balaban J connectivity index is 1.26. The van der Waals surface area contributed by atoms with E-state index in [9.17, 15) is 9.59 Å². The zero-order valence-corrected chi connectivity index (χ0v) is 18.9. The van der Waals surface area contributed by atoms with E-state index in [1.165, 1.54) is 0 Å². The lowest BCUT2D eigenvalue weighted by atomic mass is 10.1. The van der Waals surface area contributed by atoms with Gasteiger partial charge in [-0.3, -0.25) is 9.59 Å². The molecule has 0 saturated heterocycles. The number of unbranched alkanes of at least 4 members (excludes halogenated alkanes) is 1. The first-order valence-electron chi connectivity index (χ1n) is 11.7. The van der Waals surface area contributed by atoms with Crippen molar-refractivity contribution in [2.24, 2.45) is 0 Å². The number of hydrogen-bond donors (Lipinski definition) is 1. The fourth-order valence-electron chi connectivity index (χ4n) is 4.11. The van der Waals surface area contributed by atoms with Gasteiger partial charge in [-0.2, -0.15) is 0 Å². The minimum absolute atomic E-state index is 0.0488. The number of ether oxygens (including phenoxy) is 1. The Kier molecular flexibility index (Phi) is 7.93. The molecule has 1 aliphatic heterocycles. The standard InChI is InChI=1S/C27H31N3O3/c31-25-14-19-30(21-22-9-3-1-4-10-22)27(32)26-24(25)13-18-29(26)17-8-7-15-28-16-20-33-23-11-5-2-6-12-23/h1-6,9-13,18,28H,7-8,14-17,19-21H2. The van der Waals surface area contributed by atoms with Crippen molar-refractivity contribution in [2.75, 3.05) is 26.2 Å². The first-order chi connectivity index (χ1) is 16.2. The van der Waals surface area contributed by atoms with Gasteiger partial charge >= 0.3 is 0 Å². The van der Waals surface area contributed by atoms with Crippen LogP contribution in [0.5, 0.6) is 5.75 Å². The van der Waals surface area contributed by atoms with Crippen molar-refractivity contribution in [3.63, 3.8) is 0 Å². The molecule has 0 bridgehead atoms. The van der Waals surface area contributed by atoms with E-state index in [-0.39, 0.29) is 11.7 Å². The Morgan fingerprint density at radius 1 is 0.879 bits per heavy atom. The van der Waals surface area contributed by atoms with Crippen LogP contribution in [0.2, 0.25) is 0 Å². The fourth-order valence-corrected chi connectivity index (χ4v) is 4.11. The summed E-state index contributed by atoms with van der Waals surface area (Å²) in [5.41, 5.74) is 2.17. The first kappa shape index (κ1) is 22.8. The van der Waals surface area contributed by atoms with Crippen LogP contribution in [0.25, 0.3) is 0 Å². The summed E-state index contributed by atoms with van der Waals surface area (Å²) in [6.45, 7) is 3.99. The molecule has 2 heterocycles. The number of para-hydroxylation sites is 1. The molecule has 1 amide bonds. The molecule has 0 saturated carbocycles. The summed E-state index contributed by atoms with van der Waals surface area (Å²) in [7, 11) is 0. The summed E-state index contributed by atoms with van der Waals surface area (Å²) in [6, 6.07) is 21.5. The average Bonchev–Trinajstić information content (AvgIpc) is 3.23. The molecule has 0 fully saturated rings. The van der Waals surface area contributed by atoms with Gasteiger partial charge in [-0.05, 0) is 43.1 Å². The number of rotatable bonds is 11. The average molecular weight is 446 g/mol. The van der Waals surface area contributed by atoms with Crippen LogP contribution in [0.1, 0.15) is 45.7 Å². The molecular formula is C27H31N3O3. The van der Waals surface area contributed by atoms with E-state index >= 15 is 0 Å². The molecule has 6 nitrogen and oxygen atoms in total. The van der Waals surface area contributed by atoms with Gasteiger partial charge in [0.15, 0.2) is 5.78 Å². The summed E-state index contributed by atoms with van der Waals surface area (Å²) in [5, 5.41) is 3.39. The maximum absolute atomic E-state index is 13.3. The third-order valence-electron chi connectivity index (χ3n) is 5.87. The van der Waals surface area contributed by atoms with Gasteiger partial charge in [0.2, 0.25) is 0 Å². The van der Waals surface area contributed by atoms with Crippen molar-refractivity contribution in [1.82, 2.24) is 14.8 Å². The summed E-state index contributed by atoms with van der Waals surface area (Å²) in [4.78, 5) is 27.7. The molecule has 33 heavy (non-hydrogen) atoms. The van der Waals surface area contributed by atoms with E-state index in [2.05, 4.69) is 5.32 Å². The largest absolute Gasteiger partial charge is 0.492 e. The van der Waals surface area contributed by atoms with Gasteiger partial charge in [-0.1, -0.05) is 48.5 Å². The van der Waals surface area contributed by atoms with Crippen LogP contribution in [0.4, 0.5) is 0 Å². The van der Waals surface area contributed by atoms with Crippen LogP contribution in [-0.4, -0.2) is 47.4 Å². The quantitative estimate of drug-likeness (QED) is 0.450. The van der Waals surface area contributed by atoms with E-state index in [4.69, 9.17) is 4.74 Å². The number of amides is 1. The van der Waals surface area contributed by atoms with Gasteiger partial charge in [-0.15, -0.1) is 0 Å². The Hall–Kier alpha value is -3.38. The van der Waals surface area contributed by atoms with Crippen molar-refractivity contribution < 1.29 is 14.3 Å². The van der Waals surface area contributed by atoms with Crippen molar-refractivity contribution >= 4 is 11.7 Å². The normalized spacial score (nSPS) is 13.6. The number of ketones is 1. The number of aryl methyl sites for hydroxylation is 1. The zero-order chi connectivity index (χ0) is 22.9. The molecule has 2 aromatic carbocycles. The maximum atomic E-state index is 13.3. The Labute approximate surface area is 195 Å². The predicted octanol–water partition coefficient (Wildman–Crippen LogP) is 4.17. The summed E-state index contributed by atoms with van der Waals surface area (Å²) < 4.78 is 7.64. The second-order valence-corrected chi connectivity index (χ2v) is 8.28. The van der Waals surface area contributed by atoms with Crippen LogP contribution in [0.3, 0.4) is 0 Å². The molecule has 172 valence electrons. The molecule has 3 aromatic rings. The first-order valence-corrected chi connectivity index (χ1v) is 11.7. The third kappa shape index (κ3) is 6.11. The fraction of sp³-hybridized carbons (Fsp3) is 0.333. The van der Waals surface area contributed by atoms with E-state index in [1.54, 1.807) is 11.0 Å². The lowest BCUT2D eigenvalue weighted by molar-refractivity contribution is 0.0735. The Morgan fingerprint density at radius 3 is 2.42 bits per heavy atom. The SMILES string of the molecule is O=C1CCN(Cc2ccccc2)C(=O)c2c1ccn2CCCCNCCOc1ccccc1. The van der Waals surface area contributed by atoms with Crippen molar-refractivity contribution in [1.29, 1.82) is 0 Å². The second kappa shape index (κ2) is 11.5. The Morgan fingerprint density at radius 2 is 1.64 bits per heavy atom. The van der Waals surface area contributed by atoms with E-state index in [0.717, 1.165) is 43.8 Å². The molecule has 0 atom stereocenters. The highest BCUT2D eigenvalue weighted by atomic mass is 16.5. The van der Waals surface area contributed by atoms with E-state index in [0.29, 0.717) is 37.4 Å². The lowest BCUT2D eigenvalue weighted by Crippen LogP contribution is -2.32. The molecule has 0 aliphatic carbocycles. The maximum Gasteiger partial charge on any atom is 0.271 e. The number of Topliss-reactive ketones (excluding diaryl/α,β-unsaturated/α-hetero) is 1. The van der Waals surface area contributed by atoms with Crippen LogP contribution >= 0.6 is 0 Å². The second-order valence-electron chi connectivity index (χ2n) is 8.28. The molecular weight excluding hydrogens is 414 g/mol. The smallest absolute Gasteiger partial charge is 0.271 e. The van der Waals surface area contributed by atoms with Gasteiger partial charge in [0, 0.05) is 44.4 Å². The van der Waals surface area contributed by atoms with Crippen LogP contribution in [0, 0.1) is 0 Å². The number of benzene rings is 2. The molecule has 1 aliphatic rings. The van der Waals surface area contributed by atoms with Crippen molar-refractivity contribution in [3.05, 3.63) is 89.7 Å². The van der Waals surface area contributed by atoms with Crippen LogP contribution in [-0.2, 0) is 13.1 Å².